The first-order chi connectivity index (χ1) is 20.8. The molecule has 0 radical (unpaired) electrons. The largest absolute Gasteiger partial charge is 0.492 e. The smallest absolute Gasteiger partial charge is 0.258 e. The van der Waals surface area contributed by atoms with Crippen molar-refractivity contribution in [3.05, 3.63) is 137 Å². The van der Waals surface area contributed by atoms with E-state index in [-0.39, 0.29) is 11.7 Å². The Morgan fingerprint density at radius 1 is 0.860 bits per heavy atom. The molecule has 1 aliphatic heterocycles. The summed E-state index contributed by atoms with van der Waals surface area (Å²) in [6.45, 7) is 1.23. The van der Waals surface area contributed by atoms with Crippen LogP contribution in [0.4, 0.5) is 4.39 Å². The number of nitrogens with zero attached hydrogens (tertiary/aromatic N) is 2. The lowest BCUT2D eigenvalue weighted by atomic mass is 9.99. The van der Waals surface area contributed by atoms with Crippen LogP contribution < -0.4 is 9.47 Å². The first-order valence-corrected chi connectivity index (χ1v) is 17.3. The van der Waals surface area contributed by atoms with Gasteiger partial charge in [0.25, 0.3) is 5.91 Å². The van der Waals surface area contributed by atoms with E-state index >= 15 is 0 Å². The van der Waals surface area contributed by atoms with Gasteiger partial charge in [0, 0.05) is 29.4 Å². The Kier molecular flexibility index (Phi) is 8.08. The third-order valence-electron chi connectivity index (χ3n) is 7.59. The van der Waals surface area contributed by atoms with Gasteiger partial charge in [-0.25, -0.2) is 14.4 Å². The highest BCUT2D eigenvalue weighted by Gasteiger charge is 2.37. The van der Waals surface area contributed by atoms with Crippen LogP contribution in [0, 0.1) is 5.82 Å². The highest BCUT2D eigenvalue weighted by molar-refractivity contribution is 8.32. The van der Waals surface area contributed by atoms with E-state index < -0.39 is 16.1 Å². The molecule has 1 amide bonds. The molecule has 0 atom stereocenters. The van der Waals surface area contributed by atoms with Crippen molar-refractivity contribution in [2.75, 3.05) is 31.1 Å². The summed E-state index contributed by atoms with van der Waals surface area (Å²) in [6, 6.07) is 30.2. The first-order valence-electron chi connectivity index (χ1n) is 14.3. The molecule has 43 heavy (non-hydrogen) atoms. The van der Waals surface area contributed by atoms with Gasteiger partial charge in [-0.1, -0.05) is 72.8 Å². The van der Waals surface area contributed by atoms with Gasteiger partial charge in [0.2, 0.25) is 0 Å². The fraction of sp³-hybridized carbons (Fsp3) is 0.222. The lowest BCUT2D eigenvalue weighted by Crippen LogP contribution is -2.23. The van der Waals surface area contributed by atoms with Gasteiger partial charge in [-0.05, 0) is 59.7 Å². The minimum Gasteiger partial charge on any atom is -0.492 e. The molecule has 0 bridgehead atoms. The maximum absolute atomic E-state index is 14.3. The molecule has 6 rings (SSSR count). The topological polar surface area (TPSA) is 51.7 Å². The summed E-state index contributed by atoms with van der Waals surface area (Å²) in [5.41, 5.74) is 4.64. The molecule has 0 aliphatic carbocycles. The summed E-state index contributed by atoms with van der Waals surface area (Å²) >= 11 is 0. The van der Waals surface area contributed by atoms with Crippen molar-refractivity contribution in [3.8, 4) is 11.5 Å². The van der Waals surface area contributed by atoms with E-state index in [1.807, 2.05) is 72.8 Å². The molecule has 0 fully saturated rings. The predicted molar refractivity (Wildman–Crippen MR) is 173 cm³/mol. The van der Waals surface area contributed by atoms with Gasteiger partial charge < -0.3 is 14.4 Å². The molecule has 0 saturated carbocycles. The van der Waals surface area contributed by atoms with Gasteiger partial charge in [0.15, 0.2) is 5.75 Å². The third-order valence-corrected chi connectivity index (χ3v) is 8.98. The zero-order valence-corrected chi connectivity index (χ0v) is 25.4. The molecule has 0 spiro atoms. The van der Waals surface area contributed by atoms with Gasteiger partial charge in [-0.15, -0.1) is 0 Å². The van der Waals surface area contributed by atoms with Crippen LogP contribution in [0.1, 0.15) is 38.7 Å². The molecule has 4 aromatic carbocycles. The summed E-state index contributed by atoms with van der Waals surface area (Å²) in [7, 11) is -0.786. The van der Waals surface area contributed by atoms with E-state index in [0.29, 0.717) is 42.3 Å². The summed E-state index contributed by atoms with van der Waals surface area (Å²) in [6.07, 6.45) is 8.04. The highest BCUT2D eigenvalue weighted by atomic mass is 32.3. The maximum atomic E-state index is 14.3. The van der Waals surface area contributed by atoms with Crippen LogP contribution in [0.5, 0.6) is 11.5 Å². The monoisotopic (exact) mass is 594 g/mol. The summed E-state index contributed by atoms with van der Waals surface area (Å²) in [4.78, 5) is 20.8. The van der Waals surface area contributed by atoms with Crippen molar-refractivity contribution in [3.63, 3.8) is 0 Å². The van der Waals surface area contributed by atoms with Gasteiger partial charge in [0.1, 0.15) is 23.2 Å². The Bertz CT molecular complexity index is 1700. The Labute approximate surface area is 253 Å². The normalized spacial score (nSPS) is 13.4. The van der Waals surface area contributed by atoms with Crippen molar-refractivity contribution < 1.29 is 18.7 Å². The zero-order chi connectivity index (χ0) is 30.0. The summed E-state index contributed by atoms with van der Waals surface area (Å²) in [5, 5.41) is 0.816. The number of hydrogen-bond acceptors (Lipinski definition) is 4. The number of hydrogen-bond donors (Lipinski definition) is 0. The number of pyridine rings is 1. The first kappa shape index (κ1) is 28.7. The molecule has 220 valence electrons. The van der Waals surface area contributed by atoms with E-state index in [1.165, 1.54) is 12.1 Å². The molecule has 1 aromatic heterocycles. The number of aromatic nitrogens is 1. The lowest BCUT2D eigenvalue weighted by Gasteiger charge is -2.26. The Hall–Kier alpha value is -4.36. The second-order valence-electron chi connectivity index (χ2n) is 11.7. The molecular formula is C36H35FN2O3S. The van der Waals surface area contributed by atoms with E-state index in [0.717, 1.165) is 33.4 Å². The number of benzene rings is 4. The quantitative estimate of drug-likeness (QED) is 0.166. The van der Waals surface area contributed by atoms with Crippen LogP contribution in [0.3, 0.4) is 0 Å². The van der Waals surface area contributed by atoms with Crippen molar-refractivity contribution in [1.82, 2.24) is 9.88 Å². The number of carbonyl (C=O) groups excluding carboxylic acids is 1. The van der Waals surface area contributed by atoms with Crippen molar-refractivity contribution in [2.24, 2.45) is 0 Å². The number of rotatable bonds is 10. The molecule has 0 unspecified atom stereocenters. The van der Waals surface area contributed by atoms with Crippen LogP contribution in [0.2, 0.25) is 0 Å². The molecule has 1 aliphatic rings. The fourth-order valence-electron chi connectivity index (χ4n) is 5.41. The van der Waals surface area contributed by atoms with Gasteiger partial charge in [-0.3, -0.25) is 9.78 Å². The third kappa shape index (κ3) is 6.22. The number of ether oxygens (including phenoxy) is 2. The molecule has 5 nitrogen and oxygen atoms in total. The lowest BCUT2D eigenvalue weighted by molar-refractivity contribution is 0.0762. The number of fused-ring (bicyclic) bond motifs is 2. The van der Waals surface area contributed by atoms with Gasteiger partial charge in [0.05, 0.1) is 18.7 Å². The number of amides is 1. The predicted octanol–water partition coefficient (Wildman–Crippen LogP) is 7.77. The second kappa shape index (κ2) is 12.1. The van der Waals surface area contributed by atoms with E-state index in [1.54, 1.807) is 23.2 Å². The molecule has 2 heterocycles. The number of halogens is 1. The molecule has 0 saturated heterocycles. The Morgan fingerprint density at radius 3 is 2.14 bits per heavy atom. The van der Waals surface area contributed by atoms with Crippen LogP contribution in [-0.2, 0) is 13.1 Å². The standard InChI is InChI=1S/C36H35FN2O3S/c1-43(2,3)22-21-41-34-29-15-10-20-38-32(29)35(42-33(26-11-6-4-7-12-26)27-13-8-5-9-14-27)31-30(34)24-39(36(31)40)23-25-16-18-28(37)19-17-25/h4-20,33H,21-24H2,1-3H3. The van der Waals surface area contributed by atoms with Crippen LogP contribution in [0.15, 0.2) is 103 Å². The minimum atomic E-state index is -0.786. The maximum Gasteiger partial charge on any atom is 0.258 e. The van der Waals surface area contributed by atoms with E-state index in [9.17, 15) is 9.18 Å². The van der Waals surface area contributed by atoms with E-state index in [2.05, 4.69) is 18.8 Å². The highest BCUT2D eigenvalue weighted by Crippen LogP contribution is 2.47. The molecule has 0 N–H and O–H groups in total. The Balaban J connectivity index is 1.49. The molecule has 5 aromatic rings. The average Bonchev–Trinajstić information content (AvgIpc) is 3.33. The van der Waals surface area contributed by atoms with Crippen LogP contribution in [-0.4, -0.2) is 46.9 Å². The van der Waals surface area contributed by atoms with Crippen LogP contribution >= 0.6 is 10.0 Å². The van der Waals surface area contributed by atoms with Gasteiger partial charge in [-0.2, -0.15) is 0 Å². The van der Waals surface area contributed by atoms with Crippen molar-refractivity contribution in [2.45, 2.75) is 19.2 Å². The van der Waals surface area contributed by atoms with Crippen LogP contribution in [0.25, 0.3) is 10.9 Å². The zero-order valence-electron chi connectivity index (χ0n) is 24.6. The Morgan fingerprint density at radius 2 is 1.51 bits per heavy atom. The average molecular weight is 595 g/mol. The summed E-state index contributed by atoms with van der Waals surface area (Å²) in [5.74, 6) is 1.59. The molecular weight excluding hydrogens is 559 g/mol. The second-order valence-corrected chi connectivity index (χ2v) is 16.3. The summed E-state index contributed by atoms with van der Waals surface area (Å²) < 4.78 is 27.1. The van der Waals surface area contributed by atoms with Gasteiger partial charge >= 0.3 is 0 Å². The van der Waals surface area contributed by atoms with Crippen molar-refractivity contribution in [1.29, 1.82) is 0 Å². The minimum absolute atomic E-state index is 0.159. The fourth-order valence-corrected chi connectivity index (χ4v) is 6.00. The molecule has 7 heteroatoms. The van der Waals surface area contributed by atoms with E-state index in [4.69, 9.17) is 14.5 Å². The number of carbonyl (C=O) groups is 1. The van der Waals surface area contributed by atoms with Crippen molar-refractivity contribution >= 4 is 26.8 Å². The SMILES string of the molecule is CS(C)(C)CCOc1c2c(c(OC(c3ccccc3)c3ccccc3)c3ncccc13)C(=O)N(Cc1ccc(F)cc1)C2.